The van der Waals surface area contributed by atoms with Gasteiger partial charge >= 0.3 is 0 Å². The molecule has 0 spiro atoms. The molecule has 1 unspecified atom stereocenters. The molecule has 4 nitrogen and oxygen atoms in total. The average molecular weight is 338 g/mol. The molecule has 1 aliphatic heterocycles. The number of carbonyl (C=O) groups excluding carboxylic acids is 1. The molecule has 2 heterocycles. The van der Waals surface area contributed by atoms with Gasteiger partial charge in [-0.15, -0.1) is 11.6 Å². The second-order valence-electron chi connectivity index (χ2n) is 5.58. The molecule has 0 saturated carbocycles. The molecule has 0 aliphatic carbocycles. The minimum Gasteiger partial charge on any atom is -0.345 e. The Bertz CT molecular complexity index is 677. The molecule has 3 rings (SSSR count). The van der Waals surface area contributed by atoms with Crippen molar-refractivity contribution in [3.05, 3.63) is 23.8 Å². The van der Waals surface area contributed by atoms with E-state index in [1.807, 2.05) is 4.90 Å². The van der Waals surface area contributed by atoms with Crippen molar-refractivity contribution in [3.8, 4) is 0 Å². The largest absolute Gasteiger partial charge is 0.345 e. The molecular formula is C16H20ClN3OS. The van der Waals surface area contributed by atoms with Gasteiger partial charge in [-0.3, -0.25) is 4.79 Å². The first-order valence-electron chi connectivity index (χ1n) is 7.65. The molecule has 0 bridgehead atoms. The van der Waals surface area contributed by atoms with Crippen LogP contribution >= 0.6 is 22.9 Å². The van der Waals surface area contributed by atoms with E-state index in [1.54, 1.807) is 18.3 Å². The van der Waals surface area contributed by atoms with E-state index in [0.29, 0.717) is 13.1 Å². The molecule has 1 saturated heterocycles. The van der Waals surface area contributed by atoms with E-state index in [0.717, 1.165) is 30.2 Å². The highest BCUT2D eigenvalue weighted by molar-refractivity contribution is 7.22. The number of nitrogens with zero attached hydrogens (tertiary/aromatic N) is 3. The first-order valence-corrected chi connectivity index (χ1v) is 8.91. The number of amides is 1. The van der Waals surface area contributed by atoms with Crippen molar-refractivity contribution in [1.82, 2.24) is 9.88 Å². The van der Waals surface area contributed by atoms with Gasteiger partial charge in [0.2, 0.25) is 5.91 Å². The van der Waals surface area contributed by atoms with Crippen LogP contribution in [0, 0.1) is 0 Å². The number of hydrogen-bond donors (Lipinski definition) is 0. The van der Waals surface area contributed by atoms with E-state index in [9.17, 15) is 4.79 Å². The number of thiazole rings is 1. The van der Waals surface area contributed by atoms with E-state index in [2.05, 4.69) is 30.0 Å². The maximum Gasteiger partial charge on any atom is 0.240 e. The van der Waals surface area contributed by atoms with Gasteiger partial charge in [0, 0.05) is 26.2 Å². The molecule has 1 aromatic heterocycles. The first-order chi connectivity index (χ1) is 10.6. The Morgan fingerprint density at radius 2 is 2.09 bits per heavy atom. The lowest BCUT2D eigenvalue weighted by Crippen LogP contribution is -2.50. The quantitative estimate of drug-likeness (QED) is 0.807. The number of anilines is 1. The molecular weight excluding hydrogens is 318 g/mol. The van der Waals surface area contributed by atoms with Gasteiger partial charge in [0.05, 0.1) is 10.2 Å². The standard InChI is InChI=1S/C16H20ClN3OS/c1-3-12-4-5-13-14(10-12)22-16(18-13)20-8-6-19(7-9-20)15(21)11(2)17/h4-5,10-11H,3,6-9H2,1-2H3. The summed E-state index contributed by atoms with van der Waals surface area (Å²) in [6, 6.07) is 6.47. The number of piperazine rings is 1. The van der Waals surface area contributed by atoms with Crippen molar-refractivity contribution < 1.29 is 4.79 Å². The molecule has 118 valence electrons. The number of carbonyl (C=O) groups is 1. The van der Waals surface area contributed by atoms with Crippen molar-refractivity contribution in [2.45, 2.75) is 25.6 Å². The number of aryl methyl sites for hydroxylation is 1. The lowest BCUT2D eigenvalue weighted by Gasteiger charge is -2.35. The number of halogens is 1. The maximum absolute atomic E-state index is 11.9. The minimum atomic E-state index is -0.443. The summed E-state index contributed by atoms with van der Waals surface area (Å²) >= 11 is 7.62. The van der Waals surface area contributed by atoms with Crippen molar-refractivity contribution in [1.29, 1.82) is 0 Å². The SMILES string of the molecule is CCc1ccc2nc(N3CCN(C(=O)C(C)Cl)CC3)sc2c1. The first kappa shape index (κ1) is 15.6. The second kappa shape index (κ2) is 6.42. The lowest BCUT2D eigenvalue weighted by molar-refractivity contribution is -0.130. The fourth-order valence-electron chi connectivity index (χ4n) is 2.68. The Hall–Kier alpha value is -1.33. The zero-order valence-electron chi connectivity index (χ0n) is 12.9. The summed E-state index contributed by atoms with van der Waals surface area (Å²) in [5, 5.41) is 0.607. The highest BCUT2D eigenvalue weighted by Crippen LogP contribution is 2.30. The molecule has 0 N–H and O–H groups in total. The van der Waals surface area contributed by atoms with Gasteiger partial charge in [0.15, 0.2) is 5.13 Å². The molecule has 0 radical (unpaired) electrons. The Kier molecular flexibility index (Phi) is 4.54. The van der Waals surface area contributed by atoms with Gasteiger partial charge in [-0.2, -0.15) is 0 Å². The van der Waals surface area contributed by atoms with Gasteiger partial charge < -0.3 is 9.80 Å². The molecule has 1 aromatic carbocycles. The minimum absolute atomic E-state index is 0.0261. The van der Waals surface area contributed by atoms with Crippen molar-refractivity contribution in [3.63, 3.8) is 0 Å². The van der Waals surface area contributed by atoms with E-state index in [1.165, 1.54) is 10.3 Å². The number of benzene rings is 1. The maximum atomic E-state index is 11.9. The van der Waals surface area contributed by atoms with Crippen LogP contribution in [0.25, 0.3) is 10.2 Å². The molecule has 1 atom stereocenters. The molecule has 1 fully saturated rings. The summed E-state index contributed by atoms with van der Waals surface area (Å²) in [6.07, 6.45) is 1.04. The van der Waals surface area contributed by atoms with Crippen LogP contribution in [0.15, 0.2) is 18.2 Å². The normalized spacial score (nSPS) is 17.0. The van der Waals surface area contributed by atoms with Crippen LogP contribution in [0.1, 0.15) is 19.4 Å². The predicted molar refractivity (Wildman–Crippen MR) is 93.1 cm³/mol. The monoisotopic (exact) mass is 337 g/mol. The summed E-state index contributed by atoms with van der Waals surface area (Å²) in [4.78, 5) is 20.8. The third-order valence-electron chi connectivity index (χ3n) is 4.05. The number of rotatable bonds is 3. The summed E-state index contributed by atoms with van der Waals surface area (Å²) in [7, 11) is 0. The Morgan fingerprint density at radius 3 is 2.73 bits per heavy atom. The fraction of sp³-hybridized carbons (Fsp3) is 0.500. The summed E-state index contributed by atoms with van der Waals surface area (Å²) in [6.45, 7) is 6.95. The molecule has 6 heteroatoms. The van der Waals surface area contributed by atoms with Crippen LogP contribution in [-0.4, -0.2) is 47.3 Å². The Labute approximate surface area is 139 Å². The summed E-state index contributed by atoms with van der Waals surface area (Å²) in [5.41, 5.74) is 2.40. The summed E-state index contributed by atoms with van der Waals surface area (Å²) in [5.74, 6) is 0.0261. The number of alkyl halides is 1. The van der Waals surface area contributed by atoms with Gasteiger partial charge in [0.1, 0.15) is 5.38 Å². The second-order valence-corrected chi connectivity index (χ2v) is 7.24. The van der Waals surface area contributed by atoms with Crippen LogP contribution in [0.4, 0.5) is 5.13 Å². The van der Waals surface area contributed by atoms with E-state index in [-0.39, 0.29) is 5.91 Å². The topological polar surface area (TPSA) is 36.4 Å². The van der Waals surface area contributed by atoms with Gasteiger partial charge in [0.25, 0.3) is 0 Å². The highest BCUT2D eigenvalue weighted by Gasteiger charge is 2.25. The van der Waals surface area contributed by atoms with Crippen LogP contribution in [0.5, 0.6) is 0 Å². The van der Waals surface area contributed by atoms with Gasteiger partial charge in [-0.05, 0) is 31.0 Å². The third kappa shape index (κ3) is 3.06. The molecule has 1 amide bonds. The number of fused-ring (bicyclic) bond motifs is 1. The van der Waals surface area contributed by atoms with Crippen molar-refractivity contribution >= 4 is 44.2 Å². The number of hydrogen-bond acceptors (Lipinski definition) is 4. The van der Waals surface area contributed by atoms with Crippen molar-refractivity contribution in [2.75, 3.05) is 31.1 Å². The highest BCUT2D eigenvalue weighted by atomic mass is 35.5. The summed E-state index contributed by atoms with van der Waals surface area (Å²) < 4.78 is 1.24. The zero-order valence-corrected chi connectivity index (χ0v) is 14.5. The predicted octanol–water partition coefficient (Wildman–Crippen LogP) is 3.13. The van der Waals surface area contributed by atoms with Crippen LogP contribution < -0.4 is 4.90 Å². The van der Waals surface area contributed by atoms with Crippen molar-refractivity contribution in [2.24, 2.45) is 0 Å². The third-order valence-corrected chi connectivity index (χ3v) is 5.32. The Morgan fingerprint density at radius 1 is 1.36 bits per heavy atom. The van der Waals surface area contributed by atoms with E-state index >= 15 is 0 Å². The smallest absolute Gasteiger partial charge is 0.240 e. The molecule has 2 aromatic rings. The lowest BCUT2D eigenvalue weighted by atomic mass is 10.2. The van der Waals surface area contributed by atoms with Gasteiger partial charge in [-0.25, -0.2) is 4.98 Å². The van der Waals surface area contributed by atoms with Crippen LogP contribution in [-0.2, 0) is 11.2 Å². The van der Waals surface area contributed by atoms with Gasteiger partial charge in [-0.1, -0.05) is 24.3 Å². The van der Waals surface area contributed by atoms with E-state index < -0.39 is 5.38 Å². The zero-order chi connectivity index (χ0) is 15.7. The fourth-order valence-corrected chi connectivity index (χ4v) is 3.90. The van der Waals surface area contributed by atoms with Crippen LogP contribution in [0.3, 0.4) is 0 Å². The average Bonchev–Trinajstić information content (AvgIpc) is 2.97. The van der Waals surface area contributed by atoms with Crippen LogP contribution in [0.2, 0.25) is 0 Å². The molecule has 1 aliphatic rings. The van der Waals surface area contributed by atoms with E-state index in [4.69, 9.17) is 16.6 Å². The Balaban J connectivity index is 1.72. The molecule has 22 heavy (non-hydrogen) atoms. The number of aromatic nitrogens is 1.